The summed E-state index contributed by atoms with van der Waals surface area (Å²) >= 11 is 0. The number of fused-ring (bicyclic) bond motifs is 1. The van der Waals surface area contributed by atoms with E-state index in [1.165, 1.54) is 49.8 Å². The molecule has 0 bridgehead atoms. The molecule has 2 aromatic carbocycles. The molecule has 2 aliphatic rings. The second kappa shape index (κ2) is 9.95. The third-order valence-corrected chi connectivity index (χ3v) is 7.90. The van der Waals surface area contributed by atoms with Crippen molar-refractivity contribution in [2.24, 2.45) is 5.73 Å². The van der Waals surface area contributed by atoms with E-state index in [0.717, 1.165) is 48.5 Å². The Hall–Kier alpha value is -3.76. The van der Waals surface area contributed by atoms with Gasteiger partial charge in [-0.25, -0.2) is 14.4 Å². The molecule has 37 heavy (non-hydrogen) atoms. The zero-order valence-electron chi connectivity index (χ0n) is 20.9. The SMILES string of the molecule is N#Cc1ccc(-c2nc3c(N4CCCC(N)C4)ccnc3n2-c2ccc(C3CCCCC3)cc2)cc1F. The van der Waals surface area contributed by atoms with Crippen molar-refractivity contribution in [1.29, 1.82) is 5.26 Å². The third-order valence-electron chi connectivity index (χ3n) is 7.90. The largest absolute Gasteiger partial charge is 0.368 e. The van der Waals surface area contributed by atoms with E-state index in [-0.39, 0.29) is 11.6 Å². The number of nitrogens with zero attached hydrogens (tertiary/aromatic N) is 5. The van der Waals surface area contributed by atoms with Gasteiger partial charge in [-0.15, -0.1) is 0 Å². The maximum Gasteiger partial charge on any atom is 0.167 e. The second-order valence-electron chi connectivity index (χ2n) is 10.4. The highest BCUT2D eigenvalue weighted by Crippen LogP contribution is 2.36. The number of anilines is 1. The van der Waals surface area contributed by atoms with Crippen LogP contribution in [0.3, 0.4) is 0 Å². The van der Waals surface area contributed by atoms with Crippen LogP contribution in [0.2, 0.25) is 0 Å². The van der Waals surface area contributed by atoms with Gasteiger partial charge < -0.3 is 10.6 Å². The normalized spacial score (nSPS) is 18.7. The average Bonchev–Trinajstić information content (AvgIpc) is 3.33. The van der Waals surface area contributed by atoms with E-state index in [4.69, 9.17) is 15.7 Å². The topological polar surface area (TPSA) is 83.8 Å². The molecule has 7 heteroatoms. The van der Waals surface area contributed by atoms with Gasteiger partial charge in [0.2, 0.25) is 0 Å². The first-order valence-corrected chi connectivity index (χ1v) is 13.3. The number of rotatable bonds is 4. The van der Waals surface area contributed by atoms with Gasteiger partial charge in [0.1, 0.15) is 23.2 Å². The molecule has 188 valence electrons. The zero-order chi connectivity index (χ0) is 25.4. The first-order chi connectivity index (χ1) is 18.1. The minimum absolute atomic E-state index is 0.0179. The molecule has 1 unspecified atom stereocenters. The molecule has 1 atom stereocenters. The van der Waals surface area contributed by atoms with E-state index in [2.05, 4.69) is 29.2 Å². The summed E-state index contributed by atoms with van der Waals surface area (Å²) in [6.07, 6.45) is 10.3. The molecule has 3 heterocycles. The van der Waals surface area contributed by atoms with Crippen molar-refractivity contribution < 1.29 is 4.39 Å². The van der Waals surface area contributed by atoms with Crippen LogP contribution in [-0.2, 0) is 0 Å². The molecule has 1 saturated heterocycles. The van der Waals surface area contributed by atoms with E-state index in [0.29, 0.717) is 17.3 Å². The van der Waals surface area contributed by atoms with Gasteiger partial charge in [-0.2, -0.15) is 5.26 Å². The van der Waals surface area contributed by atoms with Gasteiger partial charge in [0, 0.05) is 36.6 Å². The molecule has 2 N–H and O–H groups in total. The van der Waals surface area contributed by atoms with Crippen LogP contribution in [0.5, 0.6) is 0 Å². The number of halogens is 1. The van der Waals surface area contributed by atoms with Crippen LogP contribution in [0.4, 0.5) is 10.1 Å². The molecule has 2 aromatic heterocycles. The lowest BCUT2D eigenvalue weighted by molar-refractivity contribution is 0.443. The Morgan fingerprint density at radius 1 is 0.973 bits per heavy atom. The maximum absolute atomic E-state index is 14.7. The second-order valence-corrected chi connectivity index (χ2v) is 10.4. The van der Waals surface area contributed by atoms with Crippen LogP contribution < -0.4 is 10.6 Å². The fourth-order valence-electron chi connectivity index (χ4n) is 5.96. The standard InChI is InChI=1S/C30H31FN6/c31-26-17-22(8-9-23(26)18-32)29-35-28-27(36-16-4-7-24(33)19-36)14-15-34-30(28)37(29)25-12-10-21(11-13-25)20-5-2-1-3-6-20/h8-15,17,20,24H,1-7,16,19,33H2. The van der Waals surface area contributed by atoms with Gasteiger partial charge in [0.15, 0.2) is 5.65 Å². The summed E-state index contributed by atoms with van der Waals surface area (Å²) in [5, 5.41) is 9.23. The number of nitriles is 1. The van der Waals surface area contributed by atoms with E-state index in [9.17, 15) is 9.65 Å². The molecule has 4 aromatic rings. The smallest absolute Gasteiger partial charge is 0.167 e. The highest BCUT2D eigenvalue weighted by atomic mass is 19.1. The van der Waals surface area contributed by atoms with E-state index >= 15 is 0 Å². The molecule has 0 spiro atoms. The number of imidazole rings is 1. The Kier molecular flexibility index (Phi) is 6.35. The number of hydrogen-bond acceptors (Lipinski definition) is 5. The van der Waals surface area contributed by atoms with Crippen molar-refractivity contribution in [3.05, 3.63) is 71.7 Å². The third kappa shape index (κ3) is 4.47. The minimum Gasteiger partial charge on any atom is -0.368 e. The lowest BCUT2D eigenvalue weighted by Gasteiger charge is -2.32. The molecule has 1 aliphatic heterocycles. The minimum atomic E-state index is -0.554. The zero-order valence-corrected chi connectivity index (χ0v) is 20.9. The molecular weight excluding hydrogens is 463 g/mol. The van der Waals surface area contributed by atoms with Crippen molar-refractivity contribution in [1.82, 2.24) is 14.5 Å². The van der Waals surface area contributed by atoms with E-state index < -0.39 is 5.82 Å². The number of benzene rings is 2. The lowest BCUT2D eigenvalue weighted by atomic mass is 9.84. The Labute approximate surface area is 216 Å². The Morgan fingerprint density at radius 3 is 2.51 bits per heavy atom. The molecule has 6 rings (SSSR count). The van der Waals surface area contributed by atoms with Crippen molar-refractivity contribution >= 4 is 16.9 Å². The Balaban J connectivity index is 1.50. The van der Waals surface area contributed by atoms with Crippen LogP contribution >= 0.6 is 0 Å². The number of aromatic nitrogens is 3. The van der Waals surface area contributed by atoms with Crippen molar-refractivity contribution in [2.45, 2.75) is 56.9 Å². The predicted octanol–water partition coefficient (Wildman–Crippen LogP) is 6.07. The highest BCUT2D eigenvalue weighted by Gasteiger charge is 2.24. The van der Waals surface area contributed by atoms with Gasteiger partial charge in [0.25, 0.3) is 0 Å². The molecule has 6 nitrogen and oxygen atoms in total. The Morgan fingerprint density at radius 2 is 1.78 bits per heavy atom. The number of piperidine rings is 1. The van der Waals surface area contributed by atoms with Gasteiger partial charge in [0.05, 0.1) is 11.3 Å². The molecule has 1 saturated carbocycles. The van der Waals surface area contributed by atoms with Crippen LogP contribution in [0, 0.1) is 17.1 Å². The summed E-state index contributed by atoms with van der Waals surface area (Å²) in [6, 6.07) is 17.4. The number of pyridine rings is 1. The number of hydrogen-bond donors (Lipinski definition) is 1. The van der Waals surface area contributed by atoms with Gasteiger partial charge in [-0.05, 0) is 73.6 Å². The van der Waals surface area contributed by atoms with Crippen LogP contribution in [0.1, 0.15) is 62.0 Å². The van der Waals surface area contributed by atoms with E-state index in [1.54, 1.807) is 6.07 Å². The molecule has 0 radical (unpaired) electrons. The van der Waals surface area contributed by atoms with Gasteiger partial charge in [-0.3, -0.25) is 4.57 Å². The van der Waals surface area contributed by atoms with Crippen LogP contribution in [0.15, 0.2) is 54.7 Å². The van der Waals surface area contributed by atoms with Crippen molar-refractivity contribution in [2.75, 3.05) is 18.0 Å². The summed E-state index contributed by atoms with van der Waals surface area (Å²) in [6.45, 7) is 1.68. The summed E-state index contributed by atoms with van der Waals surface area (Å²) < 4.78 is 16.7. The molecule has 0 amide bonds. The molecule has 1 aliphatic carbocycles. The fraction of sp³-hybridized carbons (Fsp3) is 0.367. The summed E-state index contributed by atoms with van der Waals surface area (Å²) in [7, 11) is 0. The first-order valence-electron chi connectivity index (χ1n) is 13.3. The Bertz CT molecular complexity index is 1460. The highest BCUT2D eigenvalue weighted by molar-refractivity contribution is 5.90. The van der Waals surface area contributed by atoms with E-state index in [1.807, 2.05) is 22.9 Å². The van der Waals surface area contributed by atoms with Crippen molar-refractivity contribution in [3.63, 3.8) is 0 Å². The monoisotopic (exact) mass is 494 g/mol. The maximum atomic E-state index is 14.7. The molecule has 2 fully saturated rings. The lowest BCUT2D eigenvalue weighted by Crippen LogP contribution is -2.42. The van der Waals surface area contributed by atoms with Crippen molar-refractivity contribution in [3.8, 4) is 23.1 Å². The molecular formula is C30H31FN6. The van der Waals surface area contributed by atoms with Crippen LogP contribution in [-0.4, -0.2) is 33.7 Å². The number of nitrogens with two attached hydrogens (primary N) is 1. The quantitative estimate of drug-likeness (QED) is 0.372. The first kappa shape index (κ1) is 23.6. The average molecular weight is 495 g/mol. The van der Waals surface area contributed by atoms with Crippen LogP contribution in [0.25, 0.3) is 28.2 Å². The predicted molar refractivity (Wildman–Crippen MR) is 144 cm³/mol. The summed E-state index contributed by atoms with van der Waals surface area (Å²) in [5.41, 5.74) is 11.7. The van der Waals surface area contributed by atoms with Gasteiger partial charge >= 0.3 is 0 Å². The summed E-state index contributed by atoms with van der Waals surface area (Å²) in [5.74, 6) is 0.661. The van der Waals surface area contributed by atoms with Gasteiger partial charge in [-0.1, -0.05) is 31.4 Å². The fourth-order valence-corrected chi connectivity index (χ4v) is 5.96. The summed E-state index contributed by atoms with van der Waals surface area (Å²) in [4.78, 5) is 12.1.